The SMILES string of the molecule is CCOc1ccc(C2(CNC(=O)c3cccc(N)c3)CCOCC2)cc1. The van der Waals surface area contributed by atoms with Gasteiger partial charge in [-0.2, -0.15) is 0 Å². The van der Waals surface area contributed by atoms with Crippen LogP contribution in [0.15, 0.2) is 48.5 Å². The van der Waals surface area contributed by atoms with Crippen molar-refractivity contribution < 1.29 is 14.3 Å². The van der Waals surface area contributed by atoms with Crippen LogP contribution in [0.4, 0.5) is 5.69 Å². The fourth-order valence-corrected chi connectivity index (χ4v) is 3.43. The molecule has 0 saturated carbocycles. The standard InChI is InChI=1S/C21H26N2O3/c1-2-26-19-8-6-17(7-9-19)21(10-12-25-13-11-21)15-23-20(24)16-4-3-5-18(22)14-16/h3-9,14H,2,10-13,15,22H2,1H3,(H,23,24). The first-order chi connectivity index (χ1) is 12.6. The summed E-state index contributed by atoms with van der Waals surface area (Å²) in [4.78, 5) is 12.5. The van der Waals surface area contributed by atoms with Crippen molar-refractivity contribution in [3.8, 4) is 5.75 Å². The maximum absolute atomic E-state index is 12.5. The Hall–Kier alpha value is -2.53. The molecule has 0 aromatic heterocycles. The number of nitrogens with one attached hydrogen (secondary N) is 1. The molecular formula is C21H26N2O3. The molecule has 26 heavy (non-hydrogen) atoms. The van der Waals surface area contributed by atoms with Gasteiger partial charge in [0, 0.05) is 36.4 Å². The lowest BCUT2D eigenvalue weighted by atomic mass is 9.74. The first-order valence-corrected chi connectivity index (χ1v) is 9.08. The lowest BCUT2D eigenvalue weighted by molar-refractivity contribution is 0.0487. The van der Waals surface area contributed by atoms with Gasteiger partial charge in [-0.25, -0.2) is 0 Å². The Morgan fingerprint density at radius 3 is 2.58 bits per heavy atom. The minimum atomic E-state index is -0.126. The molecule has 0 unspecified atom stereocenters. The third kappa shape index (κ3) is 4.17. The van der Waals surface area contributed by atoms with E-state index in [4.69, 9.17) is 15.2 Å². The molecule has 5 nitrogen and oxygen atoms in total. The van der Waals surface area contributed by atoms with E-state index in [1.54, 1.807) is 24.3 Å². The van der Waals surface area contributed by atoms with Crippen molar-refractivity contribution in [3.63, 3.8) is 0 Å². The van der Waals surface area contributed by atoms with Crippen LogP contribution in [0.2, 0.25) is 0 Å². The molecule has 3 rings (SSSR count). The molecule has 1 amide bonds. The van der Waals surface area contributed by atoms with Gasteiger partial charge >= 0.3 is 0 Å². The summed E-state index contributed by atoms with van der Waals surface area (Å²) in [5.41, 5.74) is 8.03. The number of ether oxygens (including phenoxy) is 2. The van der Waals surface area contributed by atoms with E-state index in [1.165, 1.54) is 5.56 Å². The smallest absolute Gasteiger partial charge is 0.251 e. The van der Waals surface area contributed by atoms with Gasteiger partial charge in [-0.15, -0.1) is 0 Å². The predicted molar refractivity (Wildman–Crippen MR) is 103 cm³/mol. The molecule has 5 heteroatoms. The summed E-state index contributed by atoms with van der Waals surface area (Å²) in [6.45, 7) is 4.58. The number of carbonyl (C=O) groups excluding carboxylic acids is 1. The van der Waals surface area contributed by atoms with Gasteiger partial charge in [0.15, 0.2) is 0 Å². The van der Waals surface area contributed by atoms with Gasteiger partial charge < -0.3 is 20.5 Å². The van der Waals surface area contributed by atoms with Crippen molar-refractivity contribution in [1.82, 2.24) is 5.32 Å². The predicted octanol–water partition coefficient (Wildman–Crippen LogP) is 3.15. The van der Waals surface area contributed by atoms with Crippen LogP contribution in [0, 0.1) is 0 Å². The lowest BCUT2D eigenvalue weighted by Gasteiger charge is -2.38. The van der Waals surface area contributed by atoms with Crippen LogP contribution in [0.3, 0.4) is 0 Å². The van der Waals surface area contributed by atoms with Crippen molar-refractivity contribution in [3.05, 3.63) is 59.7 Å². The Labute approximate surface area is 154 Å². The maximum Gasteiger partial charge on any atom is 0.251 e. The Kier molecular flexibility index (Phi) is 5.78. The Balaban J connectivity index is 1.76. The van der Waals surface area contributed by atoms with E-state index < -0.39 is 0 Å². The largest absolute Gasteiger partial charge is 0.494 e. The summed E-state index contributed by atoms with van der Waals surface area (Å²) in [6.07, 6.45) is 1.75. The number of anilines is 1. The van der Waals surface area contributed by atoms with Gasteiger partial charge in [0.2, 0.25) is 0 Å². The minimum absolute atomic E-state index is 0.103. The van der Waals surface area contributed by atoms with E-state index in [0.29, 0.717) is 37.6 Å². The highest BCUT2D eigenvalue weighted by Gasteiger charge is 2.35. The molecule has 1 fully saturated rings. The molecule has 1 aliphatic rings. The third-order valence-electron chi connectivity index (χ3n) is 4.96. The molecule has 138 valence electrons. The second-order valence-corrected chi connectivity index (χ2v) is 6.66. The summed E-state index contributed by atoms with van der Waals surface area (Å²) < 4.78 is 11.1. The Morgan fingerprint density at radius 1 is 1.19 bits per heavy atom. The molecule has 0 bridgehead atoms. The van der Waals surface area contributed by atoms with Gasteiger partial charge in [0.1, 0.15) is 5.75 Å². The van der Waals surface area contributed by atoms with Crippen molar-refractivity contribution in [2.45, 2.75) is 25.2 Å². The van der Waals surface area contributed by atoms with E-state index in [1.807, 2.05) is 19.1 Å². The topological polar surface area (TPSA) is 73.6 Å². The van der Waals surface area contributed by atoms with Crippen LogP contribution in [0.1, 0.15) is 35.7 Å². The zero-order chi connectivity index (χ0) is 18.4. The summed E-state index contributed by atoms with van der Waals surface area (Å²) in [5, 5.41) is 3.09. The van der Waals surface area contributed by atoms with Crippen LogP contribution in [0.25, 0.3) is 0 Å². The average molecular weight is 354 g/mol. The van der Waals surface area contributed by atoms with Crippen LogP contribution in [0.5, 0.6) is 5.75 Å². The summed E-state index contributed by atoms with van der Waals surface area (Å²) in [5.74, 6) is 0.761. The van der Waals surface area contributed by atoms with E-state index in [2.05, 4.69) is 17.4 Å². The van der Waals surface area contributed by atoms with Gasteiger partial charge in [0.25, 0.3) is 5.91 Å². The highest BCUT2D eigenvalue weighted by atomic mass is 16.5. The van der Waals surface area contributed by atoms with Crippen molar-refractivity contribution in [2.75, 3.05) is 32.1 Å². The van der Waals surface area contributed by atoms with Crippen LogP contribution >= 0.6 is 0 Å². The summed E-state index contributed by atoms with van der Waals surface area (Å²) in [6, 6.07) is 15.2. The molecule has 0 spiro atoms. The number of carbonyl (C=O) groups is 1. The van der Waals surface area contributed by atoms with E-state index in [9.17, 15) is 4.79 Å². The van der Waals surface area contributed by atoms with E-state index in [-0.39, 0.29) is 11.3 Å². The molecule has 0 atom stereocenters. The monoisotopic (exact) mass is 354 g/mol. The molecule has 2 aromatic carbocycles. The molecule has 1 heterocycles. The number of rotatable bonds is 6. The summed E-state index contributed by atoms with van der Waals surface area (Å²) in [7, 11) is 0. The van der Waals surface area contributed by atoms with Crippen molar-refractivity contribution >= 4 is 11.6 Å². The highest BCUT2D eigenvalue weighted by molar-refractivity contribution is 5.95. The molecule has 1 aliphatic heterocycles. The second-order valence-electron chi connectivity index (χ2n) is 6.66. The number of hydrogen-bond donors (Lipinski definition) is 2. The number of nitrogen functional groups attached to an aromatic ring is 1. The van der Waals surface area contributed by atoms with Gasteiger partial charge in [-0.1, -0.05) is 18.2 Å². The Bertz CT molecular complexity index is 737. The molecule has 3 N–H and O–H groups in total. The zero-order valence-corrected chi connectivity index (χ0v) is 15.2. The van der Waals surface area contributed by atoms with Gasteiger partial charge in [0.05, 0.1) is 6.61 Å². The van der Waals surface area contributed by atoms with E-state index in [0.717, 1.165) is 18.6 Å². The maximum atomic E-state index is 12.5. The molecule has 2 aromatic rings. The highest BCUT2D eigenvalue weighted by Crippen LogP contribution is 2.35. The van der Waals surface area contributed by atoms with Crippen LogP contribution in [-0.2, 0) is 10.2 Å². The number of nitrogens with two attached hydrogens (primary N) is 1. The quantitative estimate of drug-likeness (QED) is 0.782. The van der Waals surface area contributed by atoms with Gasteiger partial charge in [-0.3, -0.25) is 4.79 Å². The van der Waals surface area contributed by atoms with Crippen molar-refractivity contribution in [2.24, 2.45) is 0 Å². The first-order valence-electron chi connectivity index (χ1n) is 9.08. The number of benzene rings is 2. The fraction of sp³-hybridized carbons (Fsp3) is 0.381. The lowest BCUT2D eigenvalue weighted by Crippen LogP contribution is -2.44. The van der Waals surface area contributed by atoms with E-state index >= 15 is 0 Å². The average Bonchev–Trinajstić information content (AvgIpc) is 2.68. The van der Waals surface area contributed by atoms with Crippen LogP contribution < -0.4 is 15.8 Å². The fourth-order valence-electron chi connectivity index (χ4n) is 3.43. The van der Waals surface area contributed by atoms with Crippen molar-refractivity contribution in [1.29, 1.82) is 0 Å². The molecular weight excluding hydrogens is 328 g/mol. The molecule has 0 aliphatic carbocycles. The van der Waals surface area contributed by atoms with Gasteiger partial charge in [-0.05, 0) is 55.7 Å². The molecule has 0 radical (unpaired) electrons. The number of hydrogen-bond acceptors (Lipinski definition) is 4. The normalized spacial score (nSPS) is 16.0. The second kappa shape index (κ2) is 8.23. The third-order valence-corrected chi connectivity index (χ3v) is 4.96. The minimum Gasteiger partial charge on any atom is -0.494 e. The zero-order valence-electron chi connectivity index (χ0n) is 15.2. The van der Waals surface area contributed by atoms with Crippen LogP contribution in [-0.4, -0.2) is 32.3 Å². The number of amides is 1. The molecule has 1 saturated heterocycles. The Morgan fingerprint density at radius 2 is 1.92 bits per heavy atom. The first kappa shape index (κ1) is 18.3. The summed E-state index contributed by atoms with van der Waals surface area (Å²) >= 11 is 0.